The van der Waals surface area contributed by atoms with Crippen molar-refractivity contribution in [2.75, 3.05) is 6.61 Å². The Morgan fingerprint density at radius 1 is 1.15 bits per heavy atom. The minimum atomic E-state index is -0.718. The molecule has 13 heteroatoms. The molecule has 206 valence electrons. The van der Waals surface area contributed by atoms with E-state index >= 15 is 0 Å². The third-order valence-corrected chi connectivity index (χ3v) is 8.30. The molecule has 4 heterocycles. The molecule has 0 unspecified atom stereocenters. The number of allylic oxidation sites excluding steroid dienone is 1. The maximum Gasteiger partial charge on any atom is 0.338 e. The Kier molecular flexibility index (Phi) is 7.43. The molecule has 0 fully saturated rings. The number of para-hydroxylation sites is 1. The van der Waals surface area contributed by atoms with Gasteiger partial charge in [0.2, 0.25) is 5.16 Å². The van der Waals surface area contributed by atoms with E-state index in [2.05, 4.69) is 20.5 Å². The average Bonchev–Trinajstić information content (AvgIpc) is 3.69. The van der Waals surface area contributed by atoms with Crippen LogP contribution in [0, 0.1) is 0 Å². The number of hydrogen-bond acceptors (Lipinski definition) is 10. The average molecular weight is 605 g/mol. The highest BCUT2D eigenvalue weighted by atomic mass is 35.5. The van der Waals surface area contributed by atoms with Crippen LogP contribution in [0.1, 0.15) is 31.2 Å². The highest BCUT2D eigenvalue weighted by Gasteiger charge is 2.33. The minimum absolute atomic E-state index is 0.198. The van der Waals surface area contributed by atoms with Crippen LogP contribution in [0.15, 0.2) is 102 Å². The smallest absolute Gasteiger partial charge is 0.338 e. The second kappa shape index (κ2) is 11.3. The third-order valence-electron chi connectivity index (χ3n) is 6.21. The number of benzene rings is 2. The summed E-state index contributed by atoms with van der Waals surface area (Å²) >= 11 is 8.60. The molecule has 0 bridgehead atoms. The maximum atomic E-state index is 13.8. The van der Waals surface area contributed by atoms with Gasteiger partial charge in [-0.15, -0.1) is 5.10 Å². The van der Waals surface area contributed by atoms with E-state index in [0.29, 0.717) is 47.2 Å². The quantitative estimate of drug-likeness (QED) is 0.254. The van der Waals surface area contributed by atoms with Gasteiger partial charge in [-0.05, 0) is 78.0 Å². The number of fused-ring (bicyclic) bond motifs is 1. The summed E-state index contributed by atoms with van der Waals surface area (Å²) in [5.74, 6) is -0.0469. The molecule has 6 rings (SSSR count). The van der Waals surface area contributed by atoms with E-state index in [1.54, 1.807) is 61.0 Å². The van der Waals surface area contributed by atoms with Crippen LogP contribution in [-0.4, -0.2) is 37.4 Å². The van der Waals surface area contributed by atoms with Gasteiger partial charge in [0.15, 0.2) is 9.89 Å². The number of carbonyl (C=O) groups excluding carboxylic acids is 1. The molecule has 0 radical (unpaired) electrons. The van der Waals surface area contributed by atoms with Crippen molar-refractivity contribution in [1.29, 1.82) is 0 Å². The van der Waals surface area contributed by atoms with Crippen molar-refractivity contribution in [3.63, 3.8) is 0 Å². The van der Waals surface area contributed by atoms with E-state index in [0.717, 1.165) is 5.69 Å². The molecule has 0 spiro atoms. The van der Waals surface area contributed by atoms with Crippen molar-refractivity contribution in [2.24, 2.45) is 4.99 Å². The lowest BCUT2D eigenvalue weighted by Crippen LogP contribution is -2.39. The number of halogens is 1. The first kappa shape index (κ1) is 26.9. The summed E-state index contributed by atoms with van der Waals surface area (Å²) in [7, 11) is 0. The molecule has 3 aromatic heterocycles. The van der Waals surface area contributed by atoms with Gasteiger partial charge in [0.1, 0.15) is 5.76 Å². The van der Waals surface area contributed by atoms with Gasteiger partial charge in [-0.1, -0.05) is 53.3 Å². The molecule has 0 aliphatic carbocycles. The molecular formula is C28H21ClN6O4S2. The normalized spacial score (nSPS) is 15.1. The zero-order chi connectivity index (χ0) is 28.5. The van der Waals surface area contributed by atoms with Gasteiger partial charge in [0.25, 0.3) is 5.56 Å². The zero-order valence-electron chi connectivity index (χ0n) is 21.7. The summed E-state index contributed by atoms with van der Waals surface area (Å²) < 4.78 is 14.9. The number of esters is 1. The lowest BCUT2D eigenvalue weighted by molar-refractivity contribution is -0.139. The van der Waals surface area contributed by atoms with Gasteiger partial charge < -0.3 is 9.15 Å². The number of furan rings is 1. The van der Waals surface area contributed by atoms with Crippen LogP contribution in [0.3, 0.4) is 0 Å². The van der Waals surface area contributed by atoms with Crippen LogP contribution in [0.25, 0.3) is 11.8 Å². The van der Waals surface area contributed by atoms with Crippen LogP contribution >= 0.6 is 34.7 Å². The summed E-state index contributed by atoms with van der Waals surface area (Å²) in [6.07, 6.45) is 1.66. The Labute approximate surface area is 246 Å². The number of rotatable bonds is 7. The molecule has 0 saturated heterocycles. The summed E-state index contributed by atoms with van der Waals surface area (Å²) in [4.78, 5) is 31.8. The highest BCUT2D eigenvalue weighted by Crippen LogP contribution is 2.32. The standard InChI is InChI=1S/C28H21ClN6O4S2/c1-3-38-26(37)23-16(2)30-27-34(24(23)17-9-11-18(29)12-10-17)25(36)21(40-27)15-20-13-14-22(39-20)41-28-31-32-33-35(28)19-7-5-4-6-8-19/h4-15,24H,3H2,1-2H3/b21-15-/t24-/m1/s1. The van der Waals surface area contributed by atoms with Crippen molar-refractivity contribution in [3.05, 3.63) is 114 Å². The minimum Gasteiger partial charge on any atom is -0.463 e. The summed E-state index contributed by atoms with van der Waals surface area (Å²) in [6.45, 7) is 3.67. The SMILES string of the molecule is CCOC(=O)C1=C(C)N=c2s/c(=C\c3ccc(Sc4nnnn4-c4ccccc4)o3)c(=O)n2[C@@H]1c1ccc(Cl)cc1. The molecule has 0 N–H and O–H groups in total. The van der Waals surface area contributed by atoms with Crippen molar-refractivity contribution >= 4 is 46.7 Å². The van der Waals surface area contributed by atoms with Gasteiger partial charge in [-0.25, -0.2) is 9.79 Å². The Bertz CT molecular complexity index is 1960. The Balaban J connectivity index is 1.37. The lowest BCUT2D eigenvalue weighted by atomic mass is 9.96. The molecule has 1 aliphatic heterocycles. The summed E-state index contributed by atoms with van der Waals surface area (Å²) in [5.41, 5.74) is 2.03. The molecule has 2 aromatic carbocycles. The lowest BCUT2D eigenvalue weighted by Gasteiger charge is -2.24. The van der Waals surface area contributed by atoms with E-state index in [-0.39, 0.29) is 12.2 Å². The number of nitrogens with zero attached hydrogens (tertiary/aromatic N) is 6. The first-order valence-electron chi connectivity index (χ1n) is 12.5. The van der Waals surface area contributed by atoms with Crippen LogP contribution in [0.5, 0.6) is 0 Å². The molecule has 1 aliphatic rings. The molecule has 5 aromatic rings. The van der Waals surface area contributed by atoms with Crippen molar-refractivity contribution in [2.45, 2.75) is 30.1 Å². The molecule has 0 amide bonds. The number of carbonyl (C=O) groups is 1. The topological polar surface area (TPSA) is 117 Å². The number of aromatic nitrogens is 5. The predicted octanol–water partition coefficient (Wildman–Crippen LogP) is 4.17. The van der Waals surface area contributed by atoms with Gasteiger partial charge in [-0.3, -0.25) is 9.36 Å². The Morgan fingerprint density at radius 3 is 2.68 bits per heavy atom. The monoisotopic (exact) mass is 604 g/mol. The molecule has 10 nitrogen and oxygen atoms in total. The number of hydrogen-bond donors (Lipinski definition) is 0. The second-order valence-electron chi connectivity index (χ2n) is 8.82. The summed E-state index contributed by atoms with van der Waals surface area (Å²) in [5, 5.41) is 13.6. The first-order valence-corrected chi connectivity index (χ1v) is 14.5. The maximum absolute atomic E-state index is 13.8. The fourth-order valence-electron chi connectivity index (χ4n) is 4.41. The van der Waals surface area contributed by atoms with E-state index in [1.807, 2.05) is 30.3 Å². The molecule has 0 saturated carbocycles. The number of ether oxygens (including phenoxy) is 1. The van der Waals surface area contributed by atoms with Gasteiger partial charge in [0, 0.05) is 11.1 Å². The Morgan fingerprint density at radius 2 is 1.93 bits per heavy atom. The van der Waals surface area contributed by atoms with Gasteiger partial charge in [0.05, 0.1) is 34.1 Å². The van der Waals surface area contributed by atoms with Crippen LogP contribution < -0.4 is 14.9 Å². The van der Waals surface area contributed by atoms with Crippen LogP contribution in [0.4, 0.5) is 0 Å². The van der Waals surface area contributed by atoms with Crippen molar-refractivity contribution < 1.29 is 13.9 Å². The highest BCUT2D eigenvalue weighted by molar-refractivity contribution is 7.99. The number of tetrazole rings is 1. The van der Waals surface area contributed by atoms with Gasteiger partial charge in [-0.2, -0.15) is 4.68 Å². The summed E-state index contributed by atoms with van der Waals surface area (Å²) in [6, 6.07) is 19.4. The Hall–Kier alpha value is -4.26. The predicted molar refractivity (Wildman–Crippen MR) is 154 cm³/mol. The van der Waals surface area contributed by atoms with Crippen LogP contribution in [0.2, 0.25) is 5.02 Å². The fraction of sp³-hybridized carbons (Fsp3) is 0.143. The first-order chi connectivity index (χ1) is 19.9. The van der Waals surface area contributed by atoms with Crippen molar-refractivity contribution in [3.8, 4) is 5.69 Å². The molecule has 1 atom stereocenters. The fourth-order valence-corrected chi connectivity index (χ4v) is 6.32. The van der Waals surface area contributed by atoms with Crippen molar-refractivity contribution in [1.82, 2.24) is 24.8 Å². The van der Waals surface area contributed by atoms with E-state index in [9.17, 15) is 9.59 Å². The van der Waals surface area contributed by atoms with Gasteiger partial charge >= 0.3 is 5.97 Å². The third kappa shape index (κ3) is 5.29. The van der Waals surface area contributed by atoms with Crippen LogP contribution in [-0.2, 0) is 9.53 Å². The van der Waals surface area contributed by atoms with E-state index in [4.69, 9.17) is 20.8 Å². The zero-order valence-corrected chi connectivity index (χ0v) is 24.1. The van der Waals surface area contributed by atoms with E-state index < -0.39 is 12.0 Å². The van der Waals surface area contributed by atoms with E-state index in [1.165, 1.54) is 27.7 Å². The second-order valence-corrected chi connectivity index (χ2v) is 11.2. The molecular weight excluding hydrogens is 584 g/mol. The number of thiazole rings is 1. The molecule has 41 heavy (non-hydrogen) atoms. The largest absolute Gasteiger partial charge is 0.463 e.